The van der Waals surface area contributed by atoms with Gasteiger partial charge in [-0.25, -0.2) is 0 Å². The van der Waals surface area contributed by atoms with Gasteiger partial charge in [0.2, 0.25) is 23.6 Å². The summed E-state index contributed by atoms with van der Waals surface area (Å²) in [5.41, 5.74) is 8.63. The summed E-state index contributed by atoms with van der Waals surface area (Å²) in [6.45, 7) is 13.6. The molecule has 5 aromatic carbocycles. The van der Waals surface area contributed by atoms with Crippen LogP contribution in [0.15, 0.2) is 124 Å². The van der Waals surface area contributed by atoms with Crippen molar-refractivity contribution in [1.29, 1.82) is 0 Å². The predicted octanol–water partition coefficient (Wildman–Crippen LogP) is 10.4. The predicted molar refractivity (Wildman–Crippen MR) is 209 cm³/mol. The second kappa shape index (κ2) is 15.1. The van der Waals surface area contributed by atoms with E-state index in [-0.39, 0.29) is 17.4 Å². The fourth-order valence-electron chi connectivity index (χ4n) is 5.85. The quantitative estimate of drug-likeness (QED) is 0.139. The van der Waals surface area contributed by atoms with E-state index in [1.54, 1.807) is 0 Å². The first kappa shape index (κ1) is 36.3. The van der Waals surface area contributed by atoms with Gasteiger partial charge in [-0.2, -0.15) is 0 Å². The Labute approximate surface area is 315 Å². The van der Waals surface area contributed by atoms with Gasteiger partial charge in [-0.05, 0) is 99.3 Å². The molecule has 0 bridgehead atoms. The molecule has 2 aromatic heterocycles. The summed E-state index contributed by atoms with van der Waals surface area (Å²) in [5, 5.41) is 27.0. The molecule has 7 rings (SSSR count). The van der Waals surface area contributed by atoms with Gasteiger partial charge in [-0.3, -0.25) is 0 Å². The van der Waals surface area contributed by atoms with Crippen LogP contribution in [0.4, 0.5) is 0 Å². The Morgan fingerprint density at radius 1 is 0.444 bits per heavy atom. The fraction of sp³-hybridized carbons (Fsp3) is 0.244. The second-order valence-corrected chi connectivity index (χ2v) is 15.4. The number of ether oxygens (including phenoxy) is 2. The number of hydrogen-bond acceptors (Lipinski definition) is 9. The molecule has 0 aliphatic carbocycles. The molecule has 274 valence electrons. The highest BCUT2D eigenvalue weighted by Gasteiger charge is 2.17. The maximum atomic E-state index is 9.92. The molecule has 0 fully saturated rings. The van der Waals surface area contributed by atoms with Gasteiger partial charge in [0.05, 0.1) is 6.61 Å². The zero-order valence-corrected chi connectivity index (χ0v) is 31.5. The van der Waals surface area contributed by atoms with Crippen LogP contribution in [0.2, 0.25) is 0 Å². The van der Waals surface area contributed by atoms with Crippen molar-refractivity contribution >= 4 is 0 Å². The molecule has 0 atom stereocenters. The van der Waals surface area contributed by atoms with E-state index in [1.807, 2.05) is 91.0 Å². The molecule has 0 spiro atoms. The summed E-state index contributed by atoms with van der Waals surface area (Å²) in [6.07, 6.45) is 0. The zero-order valence-electron chi connectivity index (χ0n) is 31.5. The number of nitrogens with zero attached hydrogens (tertiary/aromatic N) is 4. The highest BCUT2D eigenvalue weighted by molar-refractivity contribution is 5.60. The minimum absolute atomic E-state index is 0.0707. The SMILES string of the molecule is CC(C)(C)c1ccc(-c2nnc(-c3ccc(COc4cc(CO)cc(OCc5ccc(-c6nnc(-c7ccc(C(C)(C)C)cc7)o6)cc5)c4)cc3)o2)cc1. The normalized spacial score (nSPS) is 11.8. The van der Waals surface area contributed by atoms with Crippen molar-refractivity contribution in [2.75, 3.05) is 0 Å². The van der Waals surface area contributed by atoms with E-state index in [9.17, 15) is 5.11 Å². The van der Waals surface area contributed by atoms with Crippen LogP contribution in [0.5, 0.6) is 11.5 Å². The lowest BCUT2D eigenvalue weighted by atomic mass is 9.87. The topological polar surface area (TPSA) is 117 Å². The van der Waals surface area contributed by atoms with Gasteiger partial charge in [0, 0.05) is 28.3 Å². The Morgan fingerprint density at radius 2 is 0.759 bits per heavy atom. The van der Waals surface area contributed by atoms with Crippen molar-refractivity contribution in [3.8, 4) is 57.3 Å². The maximum Gasteiger partial charge on any atom is 0.248 e. The monoisotopic (exact) mass is 720 g/mol. The molecular formula is C45H44N4O5. The van der Waals surface area contributed by atoms with Gasteiger partial charge in [-0.1, -0.05) is 90.1 Å². The molecule has 7 aromatic rings. The Bertz CT molecular complexity index is 2150. The zero-order chi connectivity index (χ0) is 37.9. The lowest BCUT2D eigenvalue weighted by Crippen LogP contribution is -2.10. The van der Waals surface area contributed by atoms with Crippen molar-refractivity contribution in [2.24, 2.45) is 0 Å². The number of hydrogen-bond donors (Lipinski definition) is 1. The van der Waals surface area contributed by atoms with Gasteiger partial charge >= 0.3 is 0 Å². The molecule has 0 aliphatic heterocycles. The largest absolute Gasteiger partial charge is 0.489 e. The minimum atomic E-state index is -0.142. The molecule has 9 nitrogen and oxygen atoms in total. The third kappa shape index (κ3) is 8.59. The summed E-state index contributed by atoms with van der Waals surface area (Å²) in [5.74, 6) is 3.04. The molecule has 1 N–H and O–H groups in total. The first-order chi connectivity index (χ1) is 25.9. The van der Waals surface area contributed by atoms with Gasteiger partial charge < -0.3 is 23.4 Å². The standard InChI is InChI=1S/C45H44N4O5/c1-44(2,3)36-19-15-34(16-20-36)42-48-46-40(53-42)32-11-7-29(8-12-32)27-51-38-23-31(26-50)24-39(25-38)52-28-30-9-13-33(14-10-30)41-47-49-43(54-41)35-17-21-37(22-18-35)45(4,5)6/h7-25,50H,26-28H2,1-6H3. The van der Waals surface area contributed by atoms with Crippen LogP contribution in [-0.2, 0) is 30.7 Å². The van der Waals surface area contributed by atoms with Crippen molar-refractivity contribution in [2.45, 2.75) is 72.2 Å². The molecule has 0 amide bonds. The van der Waals surface area contributed by atoms with Gasteiger partial charge in [0.1, 0.15) is 24.7 Å². The van der Waals surface area contributed by atoms with E-state index in [0.717, 1.165) is 33.4 Å². The number of benzene rings is 5. The van der Waals surface area contributed by atoms with Crippen LogP contribution in [0, 0.1) is 0 Å². The smallest absolute Gasteiger partial charge is 0.248 e. The number of rotatable bonds is 11. The highest BCUT2D eigenvalue weighted by atomic mass is 16.5. The van der Waals surface area contributed by atoms with Crippen molar-refractivity contribution in [1.82, 2.24) is 20.4 Å². The van der Waals surface area contributed by atoms with Crippen molar-refractivity contribution < 1.29 is 23.4 Å². The molecule has 0 radical (unpaired) electrons. The van der Waals surface area contributed by atoms with E-state index in [2.05, 4.69) is 86.2 Å². The molecule has 9 heteroatoms. The summed E-state index contributed by atoms with van der Waals surface area (Å²) in [7, 11) is 0. The third-order valence-corrected chi connectivity index (χ3v) is 9.18. The number of aliphatic hydroxyl groups is 1. The Morgan fingerprint density at radius 3 is 1.06 bits per heavy atom. The van der Waals surface area contributed by atoms with Crippen LogP contribution in [-0.4, -0.2) is 25.5 Å². The highest BCUT2D eigenvalue weighted by Crippen LogP contribution is 2.30. The van der Waals surface area contributed by atoms with Gasteiger partial charge in [0.15, 0.2) is 0 Å². The van der Waals surface area contributed by atoms with Crippen molar-refractivity contribution in [3.05, 3.63) is 143 Å². The Hall–Kier alpha value is -6.06. The molecule has 2 heterocycles. The van der Waals surface area contributed by atoms with E-state index < -0.39 is 0 Å². The Balaban J connectivity index is 0.941. The van der Waals surface area contributed by atoms with E-state index in [1.165, 1.54) is 11.1 Å². The summed E-state index contributed by atoms with van der Waals surface area (Å²) >= 11 is 0. The molecule has 0 unspecified atom stereocenters. The van der Waals surface area contributed by atoms with Gasteiger partial charge in [0.25, 0.3) is 0 Å². The van der Waals surface area contributed by atoms with E-state index >= 15 is 0 Å². The average molecular weight is 721 g/mol. The summed E-state index contributed by atoms with van der Waals surface area (Å²) in [4.78, 5) is 0. The van der Waals surface area contributed by atoms with E-state index in [4.69, 9.17) is 18.3 Å². The lowest BCUT2D eigenvalue weighted by Gasteiger charge is -2.18. The Kier molecular flexibility index (Phi) is 10.2. The molecule has 0 aliphatic rings. The van der Waals surface area contributed by atoms with Gasteiger partial charge in [-0.15, -0.1) is 20.4 Å². The van der Waals surface area contributed by atoms with Crippen LogP contribution in [0.1, 0.15) is 69.4 Å². The maximum absolute atomic E-state index is 9.92. The van der Waals surface area contributed by atoms with E-state index in [0.29, 0.717) is 53.8 Å². The van der Waals surface area contributed by atoms with Crippen LogP contribution in [0.25, 0.3) is 45.8 Å². The van der Waals surface area contributed by atoms with Crippen LogP contribution < -0.4 is 9.47 Å². The minimum Gasteiger partial charge on any atom is -0.489 e. The third-order valence-electron chi connectivity index (χ3n) is 9.18. The van der Waals surface area contributed by atoms with Crippen LogP contribution >= 0.6 is 0 Å². The first-order valence-electron chi connectivity index (χ1n) is 18.0. The molecular weight excluding hydrogens is 677 g/mol. The molecule has 0 saturated heterocycles. The second-order valence-electron chi connectivity index (χ2n) is 15.4. The molecule has 54 heavy (non-hydrogen) atoms. The summed E-state index contributed by atoms with van der Waals surface area (Å²) < 4.78 is 24.2. The fourth-order valence-corrected chi connectivity index (χ4v) is 5.85. The number of aromatic nitrogens is 4. The number of aliphatic hydroxyl groups excluding tert-OH is 1. The average Bonchev–Trinajstić information content (AvgIpc) is 3.88. The molecule has 0 saturated carbocycles. The van der Waals surface area contributed by atoms with Crippen LogP contribution in [0.3, 0.4) is 0 Å². The lowest BCUT2D eigenvalue weighted by molar-refractivity contribution is 0.271. The summed E-state index contributed by atoms with van der Waals surface area (Å²) in [6, 6.07) is 37.5. The first-order valence-corrected chi connectivity index (χ1v) is 18.0. The van der Waals surface area contributed by atoms with Crippen molar-refractivity contribution in [3.63, 3.8) is 0 Å².